The standard InChI is InChI=1S/C10H20N2O3/c1-7-5-12(4-3-9(7)13)10(14)8(11)6-15-2/h7-9,13H,3-6,11H2,1-2H3. The zero-order valence-electron chi connectivity index (χ0n) is 9.35. The van der Waals surface area contributed by atoms with Gasteiger partial charge < -0.3 is 20.5 Å². The van der Waals surface area contributed by atoms with Crippen molar-refractivity contribution in [2.45, 2.75) is 25.5 Å². The highest BCUT2D eigenvalue weighted by atomic mass is 16.5. The second-order valence-corrected chi connectivity index (χ2v) is 4.18. The number of nitrogens with zero attached hydrogens (tertiary/aromatic N) is 1. The van der Waals surface area contributed by atoms with Crippen LogP contribution in [0.5, 0.6) is 0 Å². The molecule has 0 radical (unpaired) electrons. The summed E-state index contributed by atoms with van der Waals surface area (Å²) in [5.74, 6) is 0.0352. The predicted molar refractivity (Wildman–Crippen MR) is 56.2 cm³/mol. The molecule has 88 valence electrons. The molecule has 3 N–H and O–H groups in total. The van der Waals surface area contributed by atoms with Crippen LogP contribution in [0.1, 0.15) is 13.3 Å². The Kier molecular flexibility index (Phi) is 4.50. The SMILES string of the molecule is COCC(N)C(=O)N1CCC(O)C(C)C1. The van der Waals surface area contributed by atoms with Gasteiger partial charge in [-0.2, -0.15) is 0 Å². The number of aliphatic hydroxyl groups excluding tert-OH is 1. The molecule has 5 nitrogen and oxygen atoms in total. The van der Waals surface area contributed by atoms with E-state index < -0.39 is 6.04 Å². The topological polar surface area (TPSA) is 75.8 Å². The van der Waals surface area contributed by atoms with Crippen LogP contribution < -0.4 is 5.73 Å². The molecule has 0 saturated carbocycles. The molecule has 1 heterocycles. The Labute approximate surface area is 90.2 Å². The van der Waals surface area contributed by atoms with Crippen molar-refractivity contribution >= 4 is 5.91 Å². The van der Waals surface area contributed by atoms with Gasteiger partial charge in [0.05, 0.1) is 12.7 Å². The summed E-state index contributed by atoms with van der Waals surface area (Å²) >= 11 is 0. The monoisotopic (exact) mass is 216 g/mol. The van der Waals surface area contributed by atoms with Crippen molar-refractivity contribution in [1.82, 2.24) is 4.90 Å². The Bertz CT molecular complexity index is 223. The third-order valence-electron chi connectivity index (χ3n) is 2.84. The third kappa shape index (κ3) is 3.15. The number of hydrogen-bond acceptors (Lipinski definition) is 4. The number of amides is 1. The summed E-state index contributed by atoms with van der Waals surface area (Å²) in [6, 6.07) is -0.586. The number of likely N-dealkylation sites (tertiary alicyclic amines) is 1. The molecule has 0 bridgehead atoms. The first kappa shape index (κ1) is 12.4. The van der Waals surface area contributed by atoms with Crippen LogP contribution in [-0.4, -0.2) is 54.9 Å². The number of rotatable bonds is 3. The lowest BCUT2D eigenvalue weighted by atomic mass is 9.96. The molecule has 3 unspecified atom stereocenters. The van der Waals surface area contributed by atoms with E-state index >= 15 is 0 Å². The Morgan fingerprint density at radius 3 is 2.93 bits per heavy atom. The fourth-order valence-electron chi connectivity index (χ4n) is 1.82. The zero-order chi connectivity index (χ0) is 11.4. The second kappa shape index (κ2) is 5.44. The molecule has 0 spiro atoms. The molecule has 1 aliphatic heterocycles. The van der Waals surface area contributed by atoms with Crippen LogP contribution in [-0.2, 0) is 9.53 Å². The van der Waals surface area contributed by atoms with Gasteiger partial charge in [-0.3, -0.25) is 4.79 Å². The van der Waals surface area contributed by atoms with Crippen molar-refractivity contribution in [3.05, 3.63) is 0 Å². The normalized spacial score (nSPS) is 28.9. The van der Waals surface area contributed by atoms with Gasteiger partial charge >= 0.3 is 0 Å². The smallest absolute Gasteiger partial charge is 0.241 e. The maximum absolute atomic E-state index is 11.8. The lowest BCUT2D eigenvalue weighted by molar-refractivity contribution is -0.137. The van der Waals surface area contributed by atoms with E-state index in [0.29, 0.717) is 19.5 Å². The van der Waals surface area contributed by atoms with Gasteiger partial charge in [0.15, 0.2) is 0 Å². The summed E-state index contributed by atoms with van der Waals surface area (Å²) in [6.45, 7) is 3.34. The van der Waals surface area contributed by atoms with Crippen LogP contribution in [0.25, 0.3) is 0 Å². The number of carbonyl (C=O) groups excluding carboxylic acids is 1. The summed E-state index contributed by atoms with van der Waals surface area (Å²) in [5, 5.41) is 9.53. The van der Waals surface area contributed by atoms with Crippen LogP contribution in [0.2, 0.25) is 0 Å². The van der Waals surface area contributed by atoms with Crippen molar-refractivity contribution in [2.75, 3.05) is 26.8 Å². The molecule has 1 amide bonds. The van der Waals surface area contributed by atoms with Gasteiger partial charge in [0.2, 0.25) is 5.91 Å². The number of piperidine rings is 1. The summed E-state index contributed by atoms with van der Waals surface area (Å²) in [5.41, 5.74) is 5.66. The van der Waals surface area contributed by atoms with Gasteiger partial charge in [0.1, 0.15) is 6.04 Å². The minimum Gasteiger partial charge on any atom is -0.393 e. The first-order valence-electron chi connectivity index (χ1n) is 5.27. The summed E-state index contributed by atoms with van der Waals surface area (Å²) in [6.07, 6.45) is 0.333. The largest absolute Gasteiger partial charge is 0.393 e. The molecule has 0 aromatic heterocycles. The van der Waals surface area contributed by atoms with E-state index in [0.717, 1.165) is 0 Å². The molecule has 5 heteroatoms. The highest BCUT2D eigenvalue weighted by Crippen LogP contribution is 2.16. The van der Waals surface area contributed by atoms with Crippen LogP contribution in [0.4, 0.5) is 0 Å². The Balaban J connectivity index is 2.47. The molecular formula is C10H20N2O3. The van der Waals surface area contributed by atoms with Gasteiger partial charge in [-0.1, -0.05) is 6.92 Å². The molecule has 15 heavy (non-hydrogen) atoms. The number of carbonyl (C=O) groups is 1. The average Bonchev–Trinajstić information content (AvgIpc) is 2.21. The van der Waals surface area contributed by atoms with Gasteiger partial charge in [0.25, 0.3) is 0 Å². The number of methoxy groups -OCH3 is 1. The first-order chi connectivity index (χ1) is 7.06. The first-order valence-corrected chi connectivity index (χ1v) is 5.27. The van der Waals surface area contributed by atoms with Crippen molar-refractivity contribution in [3.63, 3.8) is 0 Å². The number of nitrogens with two attached hydrogens (primary N) is 1. The lowest BCUT2D eigenvalue weighted by Gasteiger charge is -2.35. The number of hydrogen-bond donors (Lipinski definition) is 2. The molecule has 1 aliphatic rings. The third-order valence-corrected chi connectivity index (χ3v) is 2.84. The maximum atomic E-state index is 11.8. The fourth-order valence-corrected chi connectivity index (χ4v) is 1.82. The van der Waals surface area contributed by atoms with Crippen molar-refractivity contribution in [3.8, 4) is 0 Å². The van der Waals surface area contributed by atoms with Crippen LogP contribution in [0.15, 0.2) is 0 Å². The number of aliphatic hydroxyl groups is 1. The van der Waals surface area contributed by atoms with Crippen molar-refractivity contribution < 1.29 is 14.6 Å². The Morgan fingerprint density at radius 1 is 1.73 bits per heavy atom. The summed E-state index contributed by atoms with van der Waals surface area (Å²) < 4.78 is 4.84. The van der Waals surface area contributed by atoms with Crippen LogP contribution >= 0.6 is 0 Å². The van der Waals surface area contributed by atoms with E-state index in [1.54, 1.807) is 4.90 Å². The molecule has 0 aliphatic carbocycles. The van der Waals surface area contributed by atoms with Crippen molar-refractivity contribution in [1.29, 1.82) is 0 Å². The van der Waals surface area contributed by atoms with E-state index in [2.05, 4.69) is 0 Å². The van der Waals surface area contributed by atoms with E-state index in [1.807, 2.05) is 6.92 Å². The van der Waals surface area contributed by atoms with Gasteiger partial charge in [-0.05, 0) is 12.3 Å². The minimum absolute atomic E-state index is 0.0874. The molecule has 1 saturated heterocycles. The van der Waals surface area contributed by atoms with Crippen molar-refractivity contribution in [2.24, 2.45) is 11.7 Å². The van der Waals surface area contributed by atoms with Crippen LogP contribution in [0.3, 0.4) is 0 Å². The Hall–Kier alpha value is -0.650. The maximum Gasteiger partial charge on any atom is 0.241 e. The average molecular weight is 216 g/mol. The quantitative estimate of drug-likeness (QED) is 0.647. The highest BCUT2D eigenvalue weighted by molar-refractivity contribution is 5.81. The van der Waals surface area contributed by atoms with Gasteiger partial charge in [0, 0.05) is 20.2 Å². The molecule has 0 aromatic carbocycles. The zero-order valence-corrected chi connectivity index (χ0v) is 9.35. The van der Waals surface area contributed by atoms with E-state index in [1.165, 1.54) is 7.11 Å². The minimum atomic E-state index is -0.586. The molecule has 1 fully saturated rings. The summed E-state index contributed by atoms with van der Waals surface area (Å²) in [4.78, 5) is 13.5. The van der Waals surface area contributed by atoms with Gasteiger partial charge in [-0.15, -0.1) is 0 Å². The van der Waals surface area contributed by atoms with E-state index in [9.17, 15) is 9.90 Å². The molecule has 0 aromatic rings. The predicted octanol–water partition coefficient (Wildman–Crippen LogP) is -0.811. The van der Waals surface area contributed by atoms with Crippen LogP contribution in [0, 0.1) is 5.92 Å². The molecular weight excluding hydrogens is 196 g/mol. The fraction of sp³-hybridized carbons (Fsp3) is 0.900. The van der Waals surface area contributed by atoms with E-state index in [4.69, 9.17) is 10.5 Å². The molecule has 1 rings (SSSR count). The Morgan fingerprint density at radius 2 is 2.40 bits per heavy atom. The lowest BCUT2D eigenvalue weighted by Crippen LogP contribution is -2.52. The molecule has 3 atom stereocenters. The van der Waals surface area contributed by atoms with Gasteiger partial charge in [-0.25, -0.2) is 0 Å². The number of ether oxygens (including phenoxy) is 1. The van der Waals surface area contributed by atoms with E-state index in [-0.39, 0.29) is 24.5 Å². The summed E-state index contributed by atoms with van der Waals surface area (Å²) in [7, 11) is 1.52. The second-order valence-electron chi connectivity index (χ2n) is 4.18. The highest BCUT2D eigenvalue weighted by Gasteiger charge is 2.29.